The van der Waals surface area contributed by atoms with Crippen molar-refractivity contribution >= 4 is 17.7 Å². The molecule has 4 rings (SSSR count). The van der Waals surface area contributed by atoms with Crippen molar-refractivity contribution in [3.63, 3.8) is 0 Å². The summed E-state index contributed by atoms with van der Waals surface area (Å²) in [5, 5.41) is 11.1. The molecule has 0 radical (unpaired) electrons. The fourth-order valence-corrected chi connectivity index (χ4v) is 3.80. The minimum atomic E-state index is -2.98. The molecule has 0 unspecified atom stereocenters. The van der Waals surface area contributed by atoms with Crippen molar-refractivity contribution in [1.29, 1.82) is 0 Å². The van der Waals surface area contributed by atoms with Gasteiger partial charge in [-0.2, -0.15) is 8.78 Å². The molecule has 0 atom stereocenters. The molecule has 1 aliphatic rings. The third-order valence-electron chi connectivity index (χ3n) is 5.42. The number of ether oxygens (including phenoxy) is 2. The molecule has 0 spiro atoms. The highest BCUT2D eigenvalue weighted by molar-refractivity contribution is 6.02. The summed E-state index contributed by atoms with van der Waals surface area (Å²) in [6.07, 6.45) is 6.65. The standard InChI is InChI=1S/C24H23F3N4O3/c1-33-20-13-15(6-10-19(20)34-24(26)27)7-11-22(32)28-16-8-9-18(25)17(14-16)23-30-29-21-5-3-2-4-12-31(21)23/h6-11,13-14,24H,2-5,12H2,1H3,(H,28,32)/b11-7+. The summed E-state index contributed by atoms with van der Waals surface area (Å²) in [4.78, 5) is 12.4. The van der Waals surface area contributed by atoms with Crippen LogP contribution in [0.25, 0.3) is 17.5 Å². The Morgan fingerprint density at radius 1 is 1.12 bits per heavy atom. The maximum absolute atomic E-state index is 14.6. The molecule has 34 heavy (non-hydrogen) atoms. The monoisotopic (exact) mass is 472 g/mol. The van der Waals surface area contributed by atoms with Gasteiger partial charge in [-0.15, -0.1) is 10.2 Å². The molecule has 10 heteroatoms. The zero-order valence-electron chi connectivity index (χ0n) is 18.4. The van der Waals surface area contributed by atoms with Gasteiger partial charge >= 0.3 is 6.61 Å². The molecule has 3 aromatic rings. The second-order valence-corrected chi connectivity index (χ2v) is 7.71. The number of aryl methyl sites for hydroxylation is 1. The molecule has 2 aromatic carbocycles. The summed E-state index contributed by atoms with van der Waals surface area (Å²) in [5.74, 6) is 0.377. The Morgan fingerprint density at radius 3 is 2.76 bits per heavy atom. The van der Waals surface area contributed by atoms with Crippen LogP contribution in [-0.4, -0.2) is 34.4 Å². The molecular formula is C24H23F3N4O3. The van der Waals surface area contributed by atoms with Crippen molar-refractivity contribution in [1.82, 2.24) is 14.8 Å². The molecule has 7 nitrogen and oxygen atoms in total. The average Bonchev–Trinajstić information content (AvgIpc) is 3.06. The molecule has 178 valence electrons. The molecule has 0 saturated heterocycles. The van der Waals surface area contributed by atoms with E-state index in [1.54, 1.807) is 0 Å². The highest BCUT2D eigenvalue weighted by Crippen LogP contribution is 2.30. The lowest BCUT2D eigenvalue weighted by molar-refractivity contribution is -0.111. The molecule has 0 fully saturated rings. The number of methoxy groups -OCH3 is 1. The van der Waals surface area contributed by atoms with E-state index in [4.69, 9.17) is 4.74 Å². The number of alkyl halides is 2. The number of carbonyl (C=O) groups excluding carboxylic acids is 1. The highest BCUT2D eigenvalue weighted by atomic mass is 19.3. The second-order valence-electron chi connectivity index (χ2n) is 7.71. The van der Waals surface area contributed by atoms with Crippen LogP contribution in [0.4, 0.5) is 18.9 Å². The van der Waals surface area contributed by atoms with E-state index in [9.17, 15) is 18.0 Å². The van der Waals surface area contributed by atoms with Gasteiger partial charge in [0, 0.05) is 24.7 Å². The molecule has 1 aliphatic heterocycles. The fourth-order valence-electron chi connectivity index (χ4n) is 3.80. The van der Waals surface area contributed by atoms with E-state index in [-0.39, 0.29) is 17.1 Å². The first-order valence-electron chi connectivity index (χ1n) is 10.8. The van der Waals surface area contributed by atoms with Gasteiger partial charge in [0.2, 0.25) is 5.91 Å². The van der Waals surface area contributed by atoms with Gasteiger partial charge < -0.3 is 19.4 Å². The highest BCUT2D eigenvalue weighted by Gasteiger charge is 2.19. The number of anilines is 1. The largest absolute Gasteiger partial charge is 0.493 e. The van der Waals surface area contributed by atoms with Gasteiger partial charge in [0.1, 0.15) is 11.6 Å². The van der Waals surface area contributed by atoms with Crippen LogP contribution >= 0.6 is 0 Å². The van der Waals surface area contributed by atoms with Crippen molar-refractivity contribution < 1.29 is 27.4 Å². The molecular weight excluding hydrogens is 449 g/mol. The molecule has 1 amide bonds. The molecule has 0 aliphatic carbocycles. The van der Waals surface area contributed by atoms with Crippen LogP contribution in [-0.2, 0) is 17.8 Å². The lowest BCUT2D eigenvalue weighted by Gasteiger charge is -2.10. The van der Waals surface area contributed by atoms with Gasteiger partial charge in [0.05, 0.1) is 12.7 Å². The topological polar surface area (TPSA) is 78.3 Å². The maximum atomic E-state index is 14.6. The lowest BCUT2D eigenvalue weighted by Crippen LogP contribution is -2.09. The van der Waals surface area contributed by atoms with Gasteiger partial charge in [0.25, 0.3) is 0 Å². The number of nitrogens with zero attached hydrogens (tertiary/aromatic N) is 3. The predicted molar refractivity (Wildman–Crippen MR) is 120 cm³/mol. The minimum absolute atomic E-state index is 0.107. The van der Waals surface area contributed by atoms with E-state index < -0.39 is 18.3 Å². The smallest absolute Gasteiger partial charge is 0.387 e. The van der Waals surface area contributed by atoms with Crippen LogP contribution in [0.5, 0.6) is 11.5 Å². The zero-order chi connectivity index (χ0) is 24.1. The van der Waals surface area contributed by atoms with Gasteiger partial charge in [-0.25, -0.2) is 4.39 Å². The summed E-state index contributed by atoms with van der Waals surface area (Å²) in [6.45, 7) is -2.25. The Balaban J connectivity index is 1.49. The SMILES string of the molecule is COc1cc(/C=C/C(=O)Nc2ccc(F)c(-c3nnc4n3CCCCC4)c2)ccc1OC(F)F. The Labute approximate surface area is 194 Å². The number of rotatable bonds is 7. The number of hydrogen-bond acceptors (Lipinski definition) is 5. The number of carbonyl (C=O) groups is 1. The number of aromatic nitrogens is 3. The predicted octanol–water partition coefficient (Wildman–Crippen LogP) is 5.07. The summed E-state index contributed by atoms with van der Waals surface area (Å²) >= 11 is 0. The van der Waals surface area contributed by atoms with E-state index in [1.807, 2.05) is 4.57 Å². The quantitative estimate of drug-likeness (QED) is 0.486. The van der Waals surface area contributed by atoms with E-state index in [0.29, 0.717) is 17.1 Å². The summed E-state index contributed by atoms with van der Waals surface area (Å²) in [5.41, 5.74) is 1.21. The molecule has 1 aromatic heterocycles. The van der Waals surface area contributed by atoms with Crippen LogP contribution in [0.3, 0.4) is 0 Å². The molecule has 0 saturated carbocycles. The third-order valence-corrected chi connectivity index (χ3v) is 5.42. The fraction of sp³-hybridized carbons (Fsp3) is 0.292. The Hall–Kier alpha value is -3.82. The van der Waals surface area contributed by atoms with Gasteiger partial charge in [-0.1, -0.05) is 12.5 Å². The first kappa shape index (κ1) is 23.3. The Morgan fingerprint density at radius 2 is 1.97 bits per heavy atom. The summed E-state index contributed by atoms with van der Waals surface area (Å²) in [6, 6.07) is 8.58. The van der Waals surface area contributed by atoms with Crippen LogP contribution < -0.4 is 14.8 Å². The normalized spacial score (nSPS) is 13.6. The summed E-state index contributed by atoms with van der Waals surface area (Å²) < 4.78 is 50.9. The second kappa shape index (κ2) is 10.4. The van der Waals surface area contributed by atoms with E-state index in [1.165, 1.54) is 55.7 Å². The van der Waals surface area contributed by atoms with E-state index in [2.05, 4.69) is 20.3 Å². The Kier molecular flexibility index (Phi) is 7.15. The average molecular weight is 472 g/mol. The lowest BCUT2D eigenvalue weighted by atomic mass is 10.1. The van der Waals surface area contributed by atoms with E-state index in [0.717, 1.165) is 38.1 Å². The maximum Gasteiger partial charge on any atom is 0.387 e. The zero-order valence-corrected chi connectivity index (χ0v) is 18.4. The minimum Gasteiger partial charge on any atom is -0.493 e. The van der Waals surface area contributed by atoms with Crippen molar-refractivity contribution in [2.24, 2.45) is 0 Å². The number of amides is 1. The van der Waals surface area contributed by atoms with Crippen molar-refractivity contribution in [2.75, 3.05) is 12.4 Å². The van der Waals surface area contributed by atoms with Gasteiger partial charge in [0.15, 0.2) is 17.3 Å². The van der Waals surface area contributed by atoms with Crippen LogP contribution in [0.15, 0.2) is 42.5 Å². The van der Waals surface area contributed by atoms with Crippen molar-refractivity contribution in [3.05, 3.63) is 59.7 Å². The number of fused-ring (bicyclic) bond motifs is 1. The number of halogens is 3. The van der Waals surface area contributed by atoms with Gasteiger partial charge in [-0.3, -0.25) is 4.79 Å². The van der Waals surface area contributed by atoms with Crippen LogP contribution in [0.1, 0.15) is 30.7 Å². The first-order valence-corrected chi connectivity index (χ1v) is 10.8. The first-order chi connectivity index (χ1) is 16.4. The summed E-state index contributed by atoms with van der Waals surface area (Å²) in [7, 11) is 1.33. The van der Waals surface area contributed by atoms with Crippen LogP contribution in [0.2, 0.25) is 0 Å². The molecule has 1 N–H and O–H groups in total. The number of benzene rings is 2. The molecule has 0 bridgehead atoms. The Bertz CT molecular complexity index is 1210. The van der Waals surface area contributed by atoms with Crippen LogP contribution in [0, 0.1) is 5.82 Å². The van der Waals surface area contributed by atoms with Gasteiger partial charge in [-0.05, 0) is 54.8 Å². The van der Waals surface area contributed by atoms with E-state index >= 15 is 0 Å². The van der Waals surface area contributed by atoms with Crippen molar-refractivity contribution in [2.45, 2.75) is 38.8 Å². The molecule has 2 heterocycles. The van der Waals surface area contributed by atoms with Crippen molar-refractivity contribution in [3.8, 4) is 22.9 Å². The number of hydrogen-bond donors (Lipinski definition) is 1. The number of nitrogens with one attached hydrogen (secondary N) is 1. The third kappa shape index (κ3) is 5.38.